The summed E-state index contributed by atoms with van der Waals surface area (Å²) in [7, 11) is 2.13. The molecule has 86 valence electrons. The number of hydrogen-bond donors (Lipinski definition) is 1. The zero-order valence-corrected chi connectivity index (χ0v) is 10.6. The SMILES string of the molecule is CC(C1CC1)N(C)C(=S)NC1CCCC1. The first-order valence-corrected chi connectivity index (χ1v) is 6.62. The summed E-state index contributed by atoms with van der Waals surface area (Å²) >= 11 is 5.45. The number of rotatable bonds is 3. The van der Waals surface area contributed by atoms with Gasteiger partial charge in [-0.05, 0) is 50.7 Å². The van der Waals surface area contributed by atoms with Gasteiger partial charge in [0.15, 0.2) is 5.11 Å². The van der Waals surface area contributed by atoms with Crippen LogP contribution in [0.4, 0.5) is 0 Å². The summed E-state index contributed by atoms with van der Waals surface area (Å²) in [6.07, 6.45) is 8.09. The Morgan fingerprint density at radius 3 is 2.40 bits per heavy atom. The van der Waals surface area contributed by atoms with Crippen molar-refractivity contribution in [3.63, 3.8) is 0 Å². The van der Waals surface area contributed by atoms with E-state index < -0.39 is 0 Å². The van der Waals surface area contributed by atoms with Gasteiger partial charge in [0.2, 0.25) is 0 Å². The van der Waals surface area contributed by atoms with Crippen LogP contribution in [0.15, 0.2) is 0 Å². The fourth-order valence-corrected chi connectivity index (χ4v) is 2.76. The van der Waals surface area contributed by atoms with Crippen LogP contribution in [0.1, 0.15) is 45.4 Å². The van der Waals surface area contributed by atoms with E-state index in [4.69, 9.17) is 12.2 Å². The van der Waals surface area contributed by atoms with E-state index in [1.165, 1.54) is 38.5 Å². The van der Waals surface area contributed by atoms with Crippen LogP contribution in [-0.2, 0) is 0 Å². The molecule has 0 aromatic heterocycles. The Morgan fingerprint density at radius 2 is 1.87 bits per heavy atom. The number of nitrogens with zero attached hydrogens (tertiary/aromatic N) is 1. The lowest BCUT2D eigenvalue weighted by Crippen LogP contribution is -2.46. The molecule has 15 heavy (non-hydrogen) atoms. The maximum absolute atomic E-state index is 5.45. The van der Waals surface area contributed by atoms with E-state index in [2.05, 4.69) is 24.2 Å². The van der Waals surface area contributed by atoms with E-state index in [0.717, 1.165) is 11.0 Å². The van der Waals surface area contributed by atoms with Crippen LogP contribution in [-0.4, -0.2) is 29.1 Å². The van der Waals surface area contributed by atoms with Crippen molar-refractivity contribution in [2.45, 2.75) is 57.5 Å². The van der Waals surface area contributed by atoms with Crippen LogP contribution >= 0.6 is 12.2 Å². The van der Waals surface area contributed by atoms with E-state index in [1.54, 1.807) is 0 Å². The zero-order valence-electron chi connectivity index (χ0n) is 9.83. The lowest BCUT2D eigenvalue weighted by atomic mass is 10.2. The van der Waals surface area contributed by atoms with Crippen molar-refractivity contribution in [1.82, 2.24) is 10.2 Å². The zero-order chi connectivity index (χ0) is 10.8. The number of thiocarbonyl (C=S) groups is 1. The van der Waals surface area contributed by atoms with E-state index in [-0.39, 0.29) is 0 Å². The van der Waals surface area contributed by atoms with Crippen molar-refractivity contribution in [3.8, 4) is 0 Å². The first-order chi connectivity index (χ1) is 7.18. The molecular formula is C12H22N2S. The minimum atomic E-state index is 0.617. The molecule has 0 aromatic rings. The summed E-state index contributed by atoms with van der Waals surface area (Å²) in [5.41, 5.74) is 0. The molecule has 0 saturated heterocycles. The predicted molar refractivity (Wildman–Crippen MR) is 67.9 cm³/mol. The van der Waals surface area contributed by atoms with Crippen molar-refractivity contribution >= 4 is 17.3 Å². The Hall–Kier alpha value is -0.310. The molecule has 1 unspecified atom stereocenters. The molecule has 0 bridgehead atoms. The molecule has 2 aliphatic carbocycles. The molecule has 1 N–H and O–H groups in total. The molecule has 2 saturated carbocycles. The molecule has 2 fully saturated rings. The van der Waals surface area contributed by atoms with Gasteiger partial charge in [-0.3, -0.25) is 0 Å². The molecule has 0 radical (unpaired) electrons. The maximum Gasteiger partial charge on any atom is 0.169 e. The fraction of sp³-hybridized carbons (Fsp3) is 0.917. The van der Waals surface area contributed by atoms with Gasteiger partial charge >= 0.3 is 0 Å². The van der Waals surface area contributed by atoms with Gasteiger partial charge in [-0.15, -0.1) is 0 Å². The molecule has 2 rings (SSSR count). The Labute approximate surface area is 98.4 Å². The van der Waals surface area contributed by atoms with Crippen LogP contribution < -0.4 is 5.32 Å². The quantitative estimate of drug-likeness (QED) is 0.745. The molecule has 0 spiro atoms. The second-order valence-electron chi connectivity index (χ2n) is 5.12. The monoisotopic (exact) mass is 226 g/mol. The van der Waals surface area contributed by atoms with Gasteiger partial charge in [-0.1, -0.05) is 12.8 Å². The lowest BCUT2D eigenvalue weighted by molar-refractivity contribution is 0.344. The van der Waals surface area contributed by atoms with Gasteiger partial charge in [0.05, 0.1) is 0 Å². The molecule has 0 amide bonds. The van der Waals surface area contributed by atoms with Crippen LogP contribution in [0, 0.1) is 5.92 Å². The second kappa shape index (κ2) is 4.69. The highest BCUT2D eigenvalue weighted by molar-refractivity contribution is 7.80. The standard InChI is InChI=1S/C12H22N2S/c1-9(10-7-8-10)14(2)12(15)13-11-5-3-4-6-11/h9-11H,3-8H2,1-2H3,(H,13,15). The highest BCUT2D eigenvalue weighted by atomic mass is 32.1. The van der Waals surface area contributed by atoms with Crippen LogP contribution in [0.25, 0.3) is 0 Å². The van der Waals surface area contributed by atoms with Crippen molar-refractivity contribution in [2.75, 3.05) is 7.05 Å². The molecule has 0 aromatic carbocycles. The molecule has 0 aliphatic heterocycles. The van der Waals surface area contributed by atoms with Crippen LogP contribution in [0.2, 0.25) is 0 Å². The van der Waals surface area contributed by atoms with E-state index in [9.17, 15) is 0 Å². The Morgan fingerprint density at radius 1 is 1.27 bits per heavy atom. The van der Waals surface area contributed by atoms with Gasteiger partial charge in [-0.25, -0.2) is 0 Å². The molecule has 2 nitrogen and oxygen atoms in total. The molecule has 0 heterocycles. The van der Waals surface area contributed by atoms with Gasteiger partial charge in [0.1, 0.15) is 0 Å². The van der Waals surface area contributed by atoms with Crippen LogP contribution in [0.3, 0.4) is 0 Å². The summed E-state index contributed by atoms with van der Waals surface area (Å²) in [6, 6.07) is 1.26. The second-order valence-corrected chi connectivity index (χ2v) is 5.51. The third-order valence-corrected chi connectivity index (χ3v) is 4.32. The third-order valence-electron chi connectivity index (χ3n) is 3.92. The average Bonchev–Trinajstić information content (AvgIpc) is 2.96. The van der Waals surface area contributed by atoms with Gasteiger partial charge in [0.25, 0.3) is 0 Å². The summed E-state index contributed by atoms with van der Waals surface area (Å²) in [6.45, 7) is 2.29. The summed E-state index contributed by atoms with van der Waals surface area (Å²) in [5, 5.41) is 4.46. The van der Waals surface area contributed by atoms with Gasteiger partial charge in [-0.2, -0.15) is 0 Å². The van der Waals surface area contributed by atoms with Crippen molar-refractivity contribution < 1.29 is 0 Å². The fourth-order valence-electron chi connectivity index (χ4n) is 2.43. The summed E-state index contributed by atoms with van der Waals surface area (Å²) in [4.78, 5) is 2.26. The topological polar surface area (TPSA) is 15.3 Å². The molecular weight excluding hydrogens is 204 g/mol. The minimum absolute atomic E-state index is 0.617. The number of nitrogens with one attached hydrogen (secondary N) is 1. The Bertz CT molecular complexity index is 232. The average molecular weight is 226 g/mol. The van der Waals surface area contributed by atoms with Crippen molar-refractivity contribution in [1.29, 1.82) is 0 Å². The largest absolute Gasteiger partial charge is 0.360 e. The van der Waals surface area contributed by atoms with Gasteiger partial charge in [0, 0.05) is 19.1 Å². The lowest BCUT2D eigenvalue weighted by Gasteiger charge is -2.29. The number of hydrogen-bond acceptors (Lipinski definition) is 1. The Kier molecular flexibility index (Phi) is 3.49. The van der Waals surface area contributed by atoms with Gasteiger partial charge < -0.3 is 10.2 Å². The molecule has 1 atom stereocenters. The highest BCUT2D eigenvalue weighted by Gasteiger charge is 2.31. The van der Waals surface area contributed by atoms with Crippen LogP contribution in [0.5, 0.6) is 0 Å². The predicted octanol–water partition coefficient (Wildman–Crippen LogP) is 2.53. The van der Waals surface area contributed by atoms with Crippen molar-refractivity contribution in [2.24, 2.45) is 5.92 Å². The Balaban J connectivity index is 1.78. The molecule has 2 aliphatic rings. The minimum Gasteiger partial charge on any atom is -0.360 e. The first-order valence-electron chi connectivity index (χ1n) is 6.22. The van der Waals surface area contributed by atoms with E-state index >= 15 is 0 Å². The molecule has 3 heteroatoms. The summed E-state index contributed by atoms with van der Waals surface area (Å²) in [5.74, 6) is 0.887. The maximum atomic E-state index is 5.45. The highest BCUT2D eigenvalue weighted by Crippen LogP contribution is 2.34. The van der Waals surface area contributed by atoms with E-state index in [1.807, 2.05) is 0 Å². The smallest absolute Gasteiger partial charge is 0.169 e. The van der Waals surface area contributed by atoms with E-state index in [0.29, 0.717) is 12.1 Å². The third kappa shape index (κ3) is 2.83. The normalized spacial score (nSPS) is 23.9. The van der Waals surface area contributed by atoms with Crippen molar-refractivity contribution in [3.05, 3.63) is 0 Å². The first kappa shape index (κ1) is 11.2. The summed E-state index contributed by atoms with van der Waals surface area (Å²) < 4.78 is 0.